The third-order valence-electron chi connectivity index (χ3n) is 2.35. The summed E-state index contributed by atoms with van der Waals surface area (Å²) < 4.78 is 9.67. The first-order chi connectivity index (χ1) is 9.54. The Bertz CT molecular complexity index is 563. The normalized spacial score (nSPS) is 9.80. The van der Waals surface area contributed by atoms with Gasteiger partial charge in [0.2, 0.25) is 0 Å². The smallest absolute Gasteiger partial charge is 0.418 e. The monoisotopic (exact) mass is 272 g/mol. The van der Waals surface area contributed by atoms with Gasteiger partial charge in [-0.05, 0) is 48.5 Å². The van der Waals surface area contributed by atoms with Gasteiger partial charge >= 0.3 is 11.9 Å². The lowest BCUT2D eigenvalue weighted by molar-refractivity contribution is -0.156. The van der Waals surface area contributed by atoms with Crippen LogP contribution in [0.4, 0.5) is 11.4 Å². The molecule has 0 amide bonds. The van der Waals surface area contributed by atoms with Gasteiger partial charge in [-0.15, -0.1) is 0 Å². The molecule has 2 aromatic rings. The second kappa shape index (κ2) is 5.75. The van der Waals surface area contributed by atoms with E-state index in [9.17, 15) is 9.59 Å². The Hall–Kier alpha value is -3.02. The number of anilines is 2. The lowest BCUT2D eigenvalue weighted by atomic mass is 10.3. The van der Waals surface area contributed by atoms with Crippen molar-refractivity contribution in [1.29, 1.82) is 0 Å². The number of carbonyl (C=O) groups excluding carboxylic acids is 2. The number of nitrogens with two attached hydrogens (primary N) is 2. The van der Waals surface area contributed by atoms with Crippen molar-refractivity contribution >= 4 is 23.3 Å². The molecule has 2 aromatic carbocycles. The molecule has 6 nitrogen and oxygen atoms in total. The predicted octanol–water partition coefficient (Wildman–Crippen LogP) is 1.36. The Morgan fingerprint density at radius 2 is 0.950 bits per heavy atom. The van der Waals surface area contributed by atoms with Gasteiger partial charge in [-0.2, -0.15) is 0 Å². The first-order valence-electron chi connectivity index (χ1n) is 5.69. The lowest BCUT2D eigenvalue weighted by Crippen LogP contribution is -2.25. The quantitative estimate of drug-likeness (QED) is 0.370. The van der Waals surface area contributed by atoms with Crippen molar-refractivity contribution in [2.45, 2.75) is 0 Å². The minimum atomic E-state index is -1.12. The van der Waals surface area contributed by atoms with Gasteiger partial charge < -0.3 is 20.9 Å². The van der Waals surface area contributed by atoms with Crippen LogP contribution in [0.1, 0.15) is 0 Å². The molecule has 0 aliphatic carbocycles. The molecule has 0 fully saturated rings. The maximum absolute atomic E-state index is 11.5. The second-order valence-electron chi connectivity index (χ2n) is 3.92. The molecule has 6 heteroatoms. The van der Waals surface area contributed by atoms with Crippen LogP contribution in [0.25, 0.3) is 0 Å². The van der Waals surface area contributed by atoms with Gasteiger partial charge in [0.05, 0.1) is 0 Å². The van der Waals surface area contributed by atoms with Gasteiger partial charge in [0.25, 0.3) is 0 Å². The summed E-state index contributed by atoms with van der Waals surface area (Å²) in [5.74, 6) is -1.82. The molecular weight excluding hydrogens is 260 g/mol. The Kier molecular flexibility index (Phi) is 3.85. The highest BCUT2D eigenvalue weighted by Gasteiger charge is 2.19. The molecule has 20 heavy (non-hydrogen) atoms. The first kappa shape index (κ1) is 13.4. The SMILES string of the molecule is Nc1ccc(OC(=O)C(=O)Oc2ccc(N)cc2)cc1. The van der Waals surface area contributed by atoms with Crippen LogP contribution >= 0.6 is 0 Å². The fourth-order valence-electron chi connectivity index (χ4n) is 1.37. The third kappa shape index (κ3) is 3.49. The zero-order chi connectivity index (χ0) is 14.5. The zero-order valence-electron chi connectivity index (χ0n) is 10.4. The Balaban J connectivity index is 1.96. The van der Waals surface area contributed by atoms with E-state index in [1.54, 1.807) is 24.3 Å². The van der Waals surface area contributed by atoms with Crippen LogP contribution in [0.3, 0.4) is 0 Å². The molecule has 0 spiro atoms. The molecule has 0 atom stereocenters. The zero-order valence-corrected chi connectivity index (χ0v) is 10.4. The van der Waals surface area contributed by atoms with Crippen molar-refractivity contribution < 1.29 is 19.1 Å². The lowest BCUT2D eigenvalue weighted by Gasteiger charge is -2.05. The van der Waals surface area contributed by atoms with E-state index < -0.39 is 11.9 Å². The minimum Gasteiger partial charge on any atom is -0.418 e. The Labute approximate surface area is 114 Å². The largest absolute Gasteiger partial charge is 0.423 e. The van der Waals surface area contributed by atoms with Crippen molar-refractivity contribution in [2.75, 3.05) is 11.5 Å². The van der Waals surface area contributed by atoms with E-state index in [4.69, 9.17) is 20.9 Å². The molecule has 0 radical (unpaired) electrons. The molecule has 0 unspecified atom stereocenters. The number of ether oxygens (including phenoxy) is 2. The van der Waals surface area contributed by atoms with E-state index in [0.717, 1.165) is 0 Å². The fourth-order valence-corrected chi connectivity index (χ4v) is 1.37. The fraction of sp³-hybridized carbons (Fsp3) is 0. The summed E-state index contributed by atoms with van der Waals surface area (Å²) in [6, 6.07) is 12.1. The molecule has 0 heterocycles. The predicted molar refractivity (Wildman–Crippen MR) is 73.0 cm³/mol. The standard InChI is InChI=1S/C14H12N2O4/c15-9-1-5-11(6-2-9)19-13(17)14(18)20-12-7-3-10(16)4-8-12/h1-8H,15-16H2. The molecule has 0 bridgehead atoms. The average Bonchev–Trinajstić information content (AvgIpc) is 2.44. The molecule has 4 N–H and O–H groups in total. The topological polar surface area (TPSA) is 105 Å². The highest BCUT2D eigenvalue weighted by molar-refractivity contribution is 6.31. The molecular formula is C14H12N2O4. The summed E-state index contributed by atoms with van der Waals surface area (Å²) in [5, 5.41) is 0. The van der Waals surface area contributed by atoms with Gasteiger partial charge in [0.15, 0.2) is 0 Å². The van der Waals surface area contributed by atoms with Crippen molar-refractivity contribution in [3.8, 4) is 11.5 Å². The minimum absolute atomic E-state index is 0.207. The van der Waals surface area contributed by atoms with Crippen LogP contribution in [-0.4, -0.2) is 11.9 Å². The summed E-state index contributed by atoms with van der Waals surface area (Å²) >= 11 is 0. The van der Waals surface area contributed by atoms with Crippen molar-refractivity contribution in [2.24, 2.45) is 0 Å². The van der Waals surface area contributed by atoms with E-state index >= 15 is 0 Å². The van der Waals surface area contributed by atoms with E-state index in [1.807, 2.05) is 0 Å². The van der Waals surface area contributed by atoms with Gasteiger partial charge in [0, 0.05) is 11.4 Å². The number of hydrogen-bond donors (Lipinski definition) is 2. The maximum atomic E-state index is 11.5. The summed E-state index contributed by atoms with van der Waals surface area (Å²) in [6.07, 6.45) is 0. The van der Waals surface area contributed by atoms with Gasteiger partial charge in [-0.1, -0.05) is 0 Å². The summed E-state index contributed by atoms with van der Waals surface area (Å²) in [7, 11) is 0. The number of carbonyl (C=O) groups is 2. The third-order valence-corrected chi connectivity index (χ3v) is 2.35. The molecule has 0 aliphatic rings. The van der Waals surface area contributed by atoms with Crippen LogP contribution < -0.4 is 20.9 Å². The van der Waals surface area contributed by atoms with Crippen molar-refractivity contribution in [3.63, 3.8) is 0 Å². The summed E-state index contributed by atoms with van der Waals surface area (Å²) in [5.41, 5.74) is 12.0. The van der Waals surface area contributed by atoms with Gasteiger partial charge in [-0.25, -0.2) is 9.59 Å². The van der Waals surface area contributed by atoms with Crippen LogP contribution in [0.5, 0.6) is 11.5 Å². The number of esters is 2. The molecule has 2 rings (SSSR count). The van der Waals surface area contributed by atoms with E-state index in [0.29, 0.717) is 11.4 Å². The second-order valence-corrected chi connectivity index (χ2v) is 3.92. The van der Waals surface area contributed by atoms with Crippen molar-refractivity contribution in [1.82, 2.24) is 0 Å². The van der Waals surface area contributed by atoms with Gasteiger partial charge in [0.1, 0.15) is 11.5 Å². The maximum Gasteiger partial charge on any atom is 0.423 e. The van der Waals surface area contributed by atoms with Crippen molar-refractivity contribution in [3.05, 3.63) is 48.5 Å². The number of rotatable bonds is 2. The van der Waals surface area contributed by atoms with E-state index in [-0.39, 0.29) is 11.5 Å². The van der Waals surface area contributed by atoms with E-state index in [2.05, 4.69) is 0 Å². The van der Waals surface area contributed by atoms with Crippen LogP contribution in [-0.2, 0) is 9.59 Å². The molecule has 0 aliphatic heterocycles. The Morgan fingerprint density at radius 3 is 1.25 bits per heavy atom. The highest BCUT2D eigenvalue weighted by atomic mass is 16.6. The highest BCUT2D eigenvalue weighted by Crippen LogP contribution is 2.15. The first-order valence-corrected chi connectivity index (χ1v) is 5.69. The Morgan fingerprint density at radius 1 is 0.650 bits per heavy atom. The molecule has 0 aromatic heterocycles. The number of hydrogen-bond acceptors (Lipinski definition) is 6. The van der Waals surface area contributed by atoms with E-state index in [1.165, 1.54) is 24.3 Å². The van der Waals surface area contributed by atoms with Crippen LogP contribution in [0, 0.1) is 0 Å². The van der Waals surface area contributed by atoms with Crippen LogP contribution in [0.2, 0.25) is 0 Å². The number of nitrogen functional groups attached to an aromatic ring is 2. The summed E-state index contributed by atoms with van der Waals surface area (Å²) in [6.45, 7) is 0. The molecule has 102 valence electrons. The average molecular weight is 272 g/mol. The molecule has 0 saturated heterocycles. The molecule has 0 saturated carbocycles. The van der Waals surface area contributed by atoms with Crippen LogP contribution in [0.15, 0.2) is 48.5 Å². The number of benzene rings is 2. The van der Waals surface area contributed by atoms with Gasteiger partial charge in [-0.3, -0.25) is 0 Å². The summed E-state index contributed by atoms with van der Waals surface area (Å²) in [4.78, 5) is 23.0.